The van der Waals surface area contributed by atoms with Crippen molar-refractivity contribution in [2.45, 2.75) is 4.90 Å². The molecule has 0 unspecified atom stereocenters. The maximum atomic E-state index is 11.3. The van der Waals surface area contributed by atoms with E-state index >= 15 is 0 Å². The molecule has 150 valence electrons. The lowest BCUT2D eigenvalue weighted by atomic mass is 10.1. The average Bonchev–Trinajstić information content (AvgIpc) is 3.19. The molecule has 0 amide bonds. The van der Waals surface area contributed by atoms with Crippen LogP contribution >= 0.6 is 0 Å². The SMILES string of the molecule is NS(=O)(=O)c1ccc(N/N=C/c2cn(-c3ccccc3)nc2-c2cccnc2)cc1. The van der Waals surface area contributed by atoms with Crippen LogP contribution in [0.25, 0.3) is 16.9 Å². The lowest BCUT2D eigenvalue weighted by Gasteiger charge is -2.02. The van der Waals surface area contributed by atoms with Crippen molar-refractivity contribution in [1.82, 2.24) is 14.8 Å². The molecule has 0 aliphatic rings. The van der Waals surface area contributed by atoms with E-state index in [9.17, 15) is 8.42 Å². The van der Waals surface area contributed by atoms with Crippen LogP contribution in [-0.2, 0) is 10.0 Å². The third-order valence-electron chi connectivity index (χ3n) is 4.28. The number of nitrogens with two attached hydrogens (primary N) is 1. The van der Waals surface area contributed by atoms with Gasteiger partial charge in [-0.2, -0.15) is 10.2 Å². The molecule has 2 heterocycles. The Morgan fingerprint density at radius 2 is 1.77 bits per heavy atom. The highest BCUT2D eigenvalue weighted by Crippen LogP contribution is 2.22. The van der Waals surface area contributed by atoms with Crippen LogP contribution < -0.4 is 10.6 Å². The Morgan fingerprint density at radius 3 is 2.43 bits per heavy atom. The molecule has 9 heteroatoms. The summed E-state index contributed by atoms with van der Waals surface area (Å²) in [5, 5.41) is 14.1. The molecule has 0 saturated carbocycles. The molecular formula is C21H18N6O2S. The third-order valence-corrected chi connectivity index (χ3v) is 5.21. The molecule has 2 aromatic carbocycles. The molecule has 0 spiro atoms. The molecule has 0 aliphatic carbocycles. The summed E-state index contributed by atoms with van der Waals surface area (Å²) in [6.45, 7) is 0. The minimum absolute atomic E-state index is 0.0417. The predicted octanol–water partition coefficient (Wildman–Crippen LogP) is 3.03. The van der Waals surface area contributed by atoms with Crippen LogP contribution in [0.2, 0.25) is 0 Å². The highest BCUT2D eigenvalue weighted by atomic mass is 32.2. The highest BCUT2D eigenvalue weighted by Gasteiger charge is 2.11. The standard InChI is InChI=1S/C21H18N6O2S/c22-30(28,29)20-10-8-18(9-11-20)25-24-14-17-15-27(19-6-2-1-3-7-19)26-21(17)16-5-4-12-23-13-16/h1-15,25H,(H2,22,28,29)/b24-14+. The Hall–Kier alpha value is -3.82. The van der Waals surface area contributed by atoms with Gasteiger partial charge in [-0.05, 0) is 48.5 Å². The number of pyridine rings is 1. The number of para-hydroxylation sites is 1. The maximum Gasteiger partial charge on any atom is 0.238 e. The van der Waals surface area contributed by atoms with Gasteiger partial charge >= 0.3 is 0 Å². The summed E-state index contributed by atoms with van der Waals surface area (Å²) in [7, 11) is -3.73. The van der Waals surface area contributed by atoms with Gasteiger partial charge in [-0.1, -0.05) is 18.2 Å². The molecule has 2 aromatic heterocycles. The summed E-state index contributed by atoms with van der Waals surface area (Å²) in [6, 6.07) is 19.6. The molecular weight excluding hydrogens is 400 g/mol. The second-order valence-corrected chi connectivity index (χ2v) is 7.96. The predicted molar refractivity (Wildman–Crippen MR) is 116 cm³/mol. The van der Waals surface area contributed by atoms with Crippen molar-refractivity contribution in [1.29, 1.82) is 0 Å². The number of nitrogens with one attached hydrogen (secondary N) is 1. The number of nitrogens with zero attached hydrogens (tertiary/aromatic N) is 4. The van der Waals surface area contributed by atoms with Crippen molar-refractivity contribution in [3.63, 3.8) is 0 Å². The molecule has 0 atom stereocenters. The van der Waals surface area contributed by atoms with Crippen molar-refractivity contribution < 1.29 is 8.42 Å². The number of hydrogen-bond donors (Lipinski definition) is 2. The fraction of sp³-hybridized carbons (Fsp3) is 0. The third kappa shape index (κ3) is 4.43. The monoisotopic (exact) mass is 418 g/mol. The van der Waals surface area contributed by atoms with E-state index in [0.29, 0.717) is 5.69 Å². The second-order valence-electron chi connectivity index (χ2n) is 6.39. The van der Waals surface area contributed by atoms with Gasteiger partial charge in [0, 0.05) is 29.7 Å². The average molecular weight is 418 g/mol. The molecule has 3 N–H and O–H groups in total. The number of hydrogen-bond acceptors (Lipinski definition) is 6. The largest absolute Gasteiger partial charge is 0.279 e. The van der Waals surface area contributed by atoms with E-state index in [-0.39, 0.29) is 4.90 Å². The van der Waals surface area contributed by atoms with Gasteiger partial charge in [-0.25, -0.2) is 18.2 Å². The number of sulfonamides is 1. The van der Waals surface area contributed by atoms with Gasteiger partial charge in [0.2, 0.25) is 10.0 Å². The first-order chi connectivity index (χ1) is 14.5. The van der Waals surface area contributed by atoms with Crippen LogP contribution in [0.5, 0.6) is 0 Å². The summed E-state index contributed by atoms with van der Waals surface area (Å²) in [6.07, 6.45) is 6.99. The van der Waals surface area contributed by atoms with E-state index in [0.717, 1.165) is 22.5 Å². The zero-order chi connectivity index (χ0) is 21.0. The smallest absolute Gasteiger partial charge is 0.238 e. The van der Waals surface area contributed by atoms with Gasteiger partial charge in [0.25, 0.3) is 0 Å². The molecule has 0 bridgehead atoms. The van der Waals surface area contributed by atoms with Crippen LogP contribution in [0, 0.1) is 0 Å². The number of anilines is 1. The van der Waals surface area contributed by atoms with E-state index in [4.69, 9.17) is 10.2 Å². The molecule has 4 aromatic rings. The minimum Gasteiger partial charge on any atom is -0.279 e. The number of rotatable bonds is 6. The molecule has 30 heavy (non-hydrogen) atoms. The van der Waals surface area contributed by atoms with E-state index in [2.05, 4.69) is 15.5 Å². The van der Waals surface area contributed by atoms with Crippen LogP contribution in [0.15, 0.2) is 95.3 Å². The van der Waals surface area contributed by atoms with Crippen molar-refractivity contribution in [3.8, 4) is 16.9 Å². The summed E-state index contributed by atoms with van der Waals surface area (Å²) in [5.41, 5.74) is 6.82. The molecule has 0 fully saturated rings. The maximum absolute atomic E-state index is 11.3. The molecule has 8 nitrogen and oxygen atoms in total. The quantitative estimate of drug-likeness (QED) is 0.369. The zero-order valence-corrected chi connectivity index (χ0v) is 16.6. The normalized spacial score (nSPS) is 11.6. The molecule has 0 aliphatic heterocycles. The van der Waals surface area contributed by atoms with E-state index in [1.54, 1.807) is 35.4 Å². The summed E-state index contributed by atoms with van der Waals surface area (Å²) >= 11 is 0. The van der Waals surface area contributed by atoms with Crippen LogP contribution in [-0.4, -0.2) is 29.4 Å². The van der Waals surface area contributed by atoms with E-state index in [1.807, 2.05) is 48.7 Å². The Labute approximate surface area is 173 Å². The van der Waals surface area contributed by atoms with Gasteiger partial charge < -0.3 is 0 Å². The topological polar surface area (TPSA) is 115 Å². The van der Waals surface area contributed by atoms with Gasteiger partial charge in [0.1, 0.15) is 5.69 Å². The Kier molecular flexibility index (Phi) is 5.38. The number of aromatic nitrogens is 3. The first-order valence-corrected chi connectivity index (χ1v) is 10.5. The van der Waals surface area contributed by atoms with Crippen LogP contribution in [0.3, 0.4) is 0 Å². The Balaban J connectivity index is 1.62. The summed E-state index contributed by atoms with van der Waals surface area (Å²) in [4.78, 5) is 4.21. The summed E-state index contributed by atoms with van der Waals surface area (Å²) in [5.74, 6) is 0. The van der Waals surface area contributed by atoms with Crippen molar-refractivity contribution in [2.75, 3.05) is 5.43 Å². The van der Waals surface area contributed by atoms with Gasteiger partial charge in [0.05, 0.1) is 22.5 Å². The lowest BCUT2D eigenvalue weighted by molar-refractivity contribution is 0.598. The van der Waals surface area contributed by atoms with Crippen molar-refractivity contribution in [3.05, 3.63) is 90.9 Å². The second kappa shape index (κ2) is 8.27. The Morgan fingerprint density at radius 1 is 1.00 bits per heavy atom. The van der Waals surface area contributed by atoms with Gasteiger partial charge in [0.15, 0.2) is 0 Å². The highest BCUT2D eigenvalue weighted by molar-refractivity contribution is 7.89. The number of primary sulfonamides is 1. The van der Waals surface area contributed by atoms with E-state index in [1.165, 1.54) is 12.1 Å². The zero-order valence-electron chi connectivity index (χ0n) is 15.8. The van der Waals surface area contributed by atoms with Gasteiger partial charge in [-0.3, -0.25) is 10.4 Å². The van der Waals surface area contributed by atoms with Crippen LogP contribution in [0.4, 0.5) is 5.69 Å². The number of hydrazone groups is 1. The Bertz CT molecular complexity index is 1270. The first-order valence-electron chi connectivity index (χ1n) is 8.98. The van der Waals surface area contributed by atoms with Crippen LogP contribution in [0.1, 0.15) is 5.56 Å². The fourth-order valence-corrected chi connectivity index (χ4v) is 3.33. The molecule has 0 saturated heterocycles. The fourth-order valence-electron chi connectivity index (χ4n) is 2.82. The summed E-state index contributed by atoms with van der Waals surface area (Å²) < 4.78 is 24.5. The van der Waals surface area contributed by atoms with Gasteiger partial charge in [-0.15, -0.1) is 0 Å². The molecule has 0 radical (unpaired) electrons. The van der Waals surface area contributed by atoms with E-state index < -0.39 is 10.0 Å². The van der Waals surface area contributed by atoms with Crippen molar-refractivity contribution in [2.24, 2.45) is 10.2 Å². The first kappa shape index (κ1) is 19.5. The molecule has 4 rings (SSSR count). The van der Waals surface area contributed by atoms with Crippen molar-refractivity contribution >= 4 is 21.9 Å². The lowest BCUT2D eigenvalue weighted by Crippen LogP contribution is -2.11. The minimum atomic E-state index is -3.73. The number of benzene rings is 2.